The van der Waals surface area contributed by atoms with Crippen molar-refractivity contribution in [2.45, 2.75) is 50.5 Å². The molecule has 28 heavy (non-hydrogen) atoms. The molecule has 9 heteroatoms. The van der Waals surface area contributed by atoms with Gasteiger partial charge in [0.2, 0.25) is 15.9 Å². The van der Waals surface area contributed by atoms with Gasteiger partial charge in [0, 0.05) is 30.6 Å². The second kappa shape index (κ2) is 7.27. The predicted molar refractivity (Wildman–Crippen MR) is 108 cm³/mol. The van der Waals surface area contributed by atoms with Gasteiger partial charge >= 0.3 is 0 Å². The maximum atomic E-state index is 13.7. The minimum absolute atomic E-state index is 0.154. The van der Waals surface area contributed by atoms with Crippen molar-refractivity contribution < 1.29 is 17.7 Å². The van der Waals surface area contributed by atoms with E-state index in [1.54, 1.807) is 11.0 Å². The predicted octanol–water partition coefficient (Wildman–Crippen LogP) is 3.43. The van der Waals surface area contributed by atoms with Crippen LogP contribution in [0.2, 0.25) is 0 Å². The molecule has 2 aromatic rings. The highest BCUT2D eigenvalue weighted by atomic mass is 79.9. The number of sulfonamides is 1. The molecular formula is C19H22BrN3O4S. The quantitative estimate of drug-likeness (QED) is 0.687. The first-order valence-electron chi connectivity index (χ1n) is 9.40. The fraction of sp³-hybridized carbons (Fsp3) is 0.474. The Kier molecular flexibility index (Phi) is 5.09. The number of anilines is 1. The van der Waals surface area contributed by atoms with Crippen LogP contribution in [0.3, 0.4) is 0 Å². The molecule has 7 nitrogen and oxygen atoms in total. The van der Waals surface area contributed by atoms with Gasteiger partial charge in [0.1, 0.15) is 4.90 Å². The lowest BCUT2D eigenvalue weighted by molar-refractivity contribution is -0.116. The van der Waals surface area contributed by atoms with Crippen LogP contribution < -0.4 is 4.90 Å². The molecular weight excluding hydrogens is 446 g/mol. The van der Waals surface area contributed by atoms with E-state index >= 15 is 0 Å². The Morgan fingerprint density at radius 1 is 1.32 bits per heavy atom. The van der Waals surface area contributed by atoms with Crippen LogP contribution in [0.4, 0.5) is 5.69 Å². The van der Waals surface area contributed by atoms with Crippen LogP contribution in [-0.2, 0) is 27.7 Å². The summed E-state index contributed by atoms with van der Waals surface area (Å²) in [6.45, 7) is 4.35. The lowest BCUT2D eigenvalue weighted by Gasteiger charge is -2.25. The summed E-state index contributed by atoms with van der Waals surface area (Å²) in [5.74, 6) is 0.423. The van der Waals surface area contributed by atoms with Gasteiger partial charge in [-0.2, -0.15) is 4.31 Å². The number of carbonyl (C=O) groups is 1. The second-order valence-corrected chi connectivity index (χ2v) is 9.95. The number of rotatable bonds is 4. The number of amides is 1. The Morgan fingerprint density at radius 2 is 2.11 bits per heavy atom. The standard InChI is InChI=1S/C19H22BrN3O4S/c1-3-15-11-17(27-21-15)16-5-4-7-23(16)28(25,26)18-10-14(20)9-13-6-8-22(12(2)24)19(13)18/h9-11,16H,3-8H2,1-2H3/t16-/m0/s1. The van der Waals surface area contributed by atoms with Crippen molar-refractivity contribution in [2.75, 3.05) is 18.0 Å². The van der Waals surface area contributed by atoms with Gasteiger partial charge in [-0.3, -0.25) is 4.79 Å². The summed E-state index contributed by atoms with van der Waals surface area (Å²) in [7, 11) is -3.83. The number of fused-ring (bicyclic) bond motifs is 1. The van der Waals surface area contributed by atoms with E-state index in [0.29, 0.717) is 41.9 Å². The van der Waals surface area contributed by atoms with Crippen LogP contribution in [0.15, 0.2) is 32.1 Å². The highest BCUT2D eigenvalue weighted by Crippen LogP contribution is 2.43. The molecule has 0 radical (unpaired) electrons. The van der Waals surface area contributed by atoms with Crippen LogP contribution in [0.1, 0.15) is 49.7 Å². The molecule has 2 aliphatic heterocycles. The molecule has 0 unspecified atom stereocenters. The molecule has 0 aliphatic carbocycles. The number of aryl methyl sites for hydroxylation is 1. The first-order chi connectivity index (χ1) is 13.3. The number of aromatic nitrogens is 1. The smallest absolute Gasteiger partial charge is 0.245 e. The Hall–Kier alpha value is -1.71. The van der Waals surface area contributed by atoms with Crippen LogP contribution in [0.5, 0.6) is 0 Å². The number of hydrogen-bond donors (Lipinski definition) is 0. The lowest BCUT2D eigenvalue weighted by Crippen LogP contribution is -2.33. The first-order valence-corrected chi connectivity index (χ1v) is 11.6. The van der Waals surface area contributed by atoms with Crippen LogP contribution in [0, 0.1) is 0 Å². The average Bonchev–Trinajstić information content (AvgIpc) is 3.38. The minimum Gasteiger partial charge on any atom is -0.359 e. The second-order valence-electron chi connectivity index (χ2n) is 7.18. The third kappa shape index (κ3) is 3.19. The Bertz CT molecular complexity index is 1030. The zero-order valence-corrected chi connectivity index (χ0v) is 18.2. The average molecular weight is 468 g/mol. The van der Waals surface area contributed by atoms with Crippen molar-refractivity contribution in [1.82, 2.24) is 9.46 Å². The van der Waals surface area contributed by atoms with Gasteiger partial charge in [-0.05, 0) is 43.4 Å². The first kappa shape index (κ1) is 19.6. The highest BCUT2D eigenvalue weighted by Gasteiger charge is 2.41. The van der Waals surface area contributed by atoms with Gasteiger partial charge in [-0.1, -0.05) is 28.0 Å². The van der Waals surface area contributed by atoms with E-state index in [-0.39, 0.29) is 16.8 Å². The number of carbonyl (C=O) groups excluding carboxylic acids is 1. The van der Waals surface area contributed by atoms with Crippen molar-refractivity contribution in [2.24, 2.45) is 0 Å². The third-order valence-corrected chi connectivity index (χ3v) is 7.81. The molecule has 3 heterocycles. The lowest BCUT2D eigenvalue weighted by atomic mass is 10.1. The topological polar surface area (TPSA) is 83.7 Å². The van der Waals surface area contributed by atoms with E-state index in [9.17, 15) is 13.2 Å². The summed E-state index contributed by atoms with van der Waals surface area (Å²) in [5.41, 5.74) is 2.19. The molecule has 0 N–H and O–H groups in total. The minimum atomic E-state index is -3.83. The molecule has 0 saturated carbocycles. The summed E-state index contributed by atoms with van der Waals surface area (Å²) in [6.07, 6.45) is 2.81. The van der Waals surface area contributed by atoms with E-state index in [4.69, 9.17) is 4.52 Å². The Balaban J connectivity index is 1.79. The molecule has 0 bridgehead atoms. The van der Waals surface area contributed by atoms with Crippen molar-refractivity contribution >= 4 is 37.5 Å². The maximum absolute atomic E-state index is 13.7. The van der Waals surface area contributed by atoms with Crippen LogP contribution in [-0.4, -0.2) is 36.9 Å². The van der Waals surface area contributed by atoms with Crippen molar-refractivity contribution in [3.8, 4) is 0 Å². The van der Waals surface area contributed by atoms with E-state index < -0.39 is 10.0 Å². The number of hydrogen-bond acceptors (Lipinski definition) is 5. The monoisotopic (exact) mass is 467 g/mol. The highest BCUT2D eigenvalue weighted by molar-refractivity contribution is 9.10. The van der Waals surface area contributed by atoms with Crippen molar-refractivity contribution in [3.05, 3.63) is 39.7 Å². The molecule has 1 fully saturated rings. The van der Waals surface area contributed by atoms with Gasteiger partial charge in [0.05, 0.1) is 17.4 Å². The van der Waals surface area contributed by atoms with Gasteiger partial charge < -0.3 is 9.42 Å². The Morgan fingerprint density at radius 3 is 2.79 bits per heavy atom. The van der Waals surface area contributed by atoms with Gasteiger partial charge in [-0.25, -0.2) is 8.42 Å². The van der Waals surface area contributed by atoms with Gasteiger partial charge in [-0.15, -0.1) is 0 Å². The zero-order valence-electron chi connectivity index (χ0n) is 15.8. The van der Waals surface area contributed by atoms with E-state index in [1.807, 2.05) is 19.1 Å². The van der Waals surface area contributed by atoms with Crippen LogP contribution in [0.25, 0.3) is 0 Å². The van der Waals surface area contributed by atoms with Crippen LogP contribution >= 0.6 is 15.9 Å². The largest absolute Gasteiger partial charge is 0.359 e. The summed E-state index contributed by atoms with van der Waals surface area (Å²) in [4.78, 5) is 13.8. The Labute approximate surface area is 172 Å². The SMILES string of the molecule is CCc1cc([C@@H]2CCCN2S(=O)(=O)c2cc(Br)cc3c2N(C(C)=O)CC3)on1. The van der Waals surface area contributed by atoms with Crippen molar-refractivity contribution in [1.29, 1.82) is 0 Å². The molecule has 1 atom stereocenters. The normalized spacial score (nSPS) is 20.0. The number of nitrogens with zero attached hydrogens (tertiary/aromatic N) is 3. The molecule has 0 spiro atoms. The number of benzene rings is 1. The summed E-state index contributed by atoms with van der Waals surface area (Å²) in [6, 6.07) is 4.96. The fourth-order valence-corrected chi connectivity index (χ4v) is 6.66. The van der Waals surface area contributed by atoms with Gasteiger partial charge in [0.15, 0.2) is 5.76 Å². The molecule has 2 aliphatic rings. The van der Waals surface area contributed by atoms with E-state index in [1.165, 1.54) is 11.2 Å². The molecule has 1 amide bonds. The van der Waals surface area contributed by atoms with Gasteiger partial charge in [0.25, 0.3) is 0 Å². The fourth-order valence-electron chi connectivity index (χ4n) is 4.07. The summed E-state index contributed by atoms with van der Waals surface area (Å²) < 4.78 is 35.0. The zero-order chi connectivity index (χ0) is 20.1. The summed E-state index contributed by atoms with van der Waals surface area (Å²) >= 11 is 3.43. The van der Waals surface area contributed by atoms with Crippen molar-refractivity contribution in [3.63, 3.8) is 0 Å². The molecule has 4 rings (SSSR count). The maximum Gasteiger partial charge on any atom is 0.245 e. The molecule has 1 saturated heterocycles. The molecule has 150 valence electrons. The number of halogens is 1. The molecule has 1 aromatic carbocycles. The van der Waals surface area contributed by atoms with E-state index in [0.717, 1.165) is 24.1 Å². The molecule has 1 aromatic heterocycles. The third-order valence-electron chi connectivity index (χ3n) is 5.43. The summed E-state index contributed by atoms with van der Waals surface area (Å²) in [5, 5.41) is 4.02. The van der Waals surface area contributed by atoms with E-state index in [2.05, 4.69) is 21.1 Å².